The van der Waals surface area contributed by atoms with E-state index in [2.05, 4.69) is 5.10 Å². The van der Waals surface area contributed by atoms with Crippen LogP contribution in [-0.2, 0) is 13.2 Å². The Morgan fingerprint density at radius 1 is 1.37 bits per heavy atom. The average molecular weight is 278 g/mol. The number of alkyl halides is 3. The third kappa shape index (κ3) is 2.03. The maximum absolute atomic E-state index is 12.7. The van der Waals surface area contributed by atoms with Gasteiger partial charge in [-0.3, -0.25) is 4.68 Å². The van der Waals surface area contributed by atoms with Crippen LogP contribution in [0, 0.1) is 0 Å². The van der Waals surface area contributed by atoms with Crippen molar-refractivity contribution in [3.8, 4) is 0 Å². The molecule has 2 atom stereocenters. The number of carbonyl (C=O) groups is 1. The van der Waals surface area contributed by atoms with Crippen LogP contribution in [0.15, 0.2) is 6.07 Å². The number of aromatic nitrogens is 2. The summed E-state index contributed by atoms with van der Waals surface area (Å²) in [5, 5.41) is 13.5. The molecule has 1 aromatic rings. The Hall–Kier alpha value is -1.77. The van der Waals surface area contributed by atoms with Gasteiger partial charge in [-0.1, -0.05) is 0 Å². The molecular formula is C10H13F3N4O2. The predicted molar refractivity (Wildman–Crippen MR) is 59.3 cm³/mol. The van der Waals surface area contributed by atoms with Crippen LogP contribution in [0.2, 0.25) is 0 Å². The topological polar surface area (TPSA) is 61.6 Å². The van der Waals surface area contributed by atoms with Gasteiger partial charge in [0.1, 0.15) is 5.69 Å². The largest absolute Gasteiger partial charge is 0.433 e. The highest BCUT2D eigenvalue weighted by molar-refractivity contribution is 5.94. The molecule has 2 amide bonds. The summed E-state index contributed by atoms with van der Waals surface area (Å²) in [7, 11) is 2.59. The zero-order valence-electron chi connectivity index (χ0n) is 10.5. The molecule has 1 aromatic heterocycles. The highest BCUT2D eigenvalue weighted by Crippen LogP contribution is 2.33. The molecular weight excluding hydrogens is 265 g/mol. The van der Waals surface area contributed by atoms with Crippen molar-refractivity contribution in [2.24, 2.45) is 7.05 Å². The minimum Gasteiger partial charge on any atom is -0.371 e. The van der Waals surface area contributed by atoms with Gasteiger partial charge in [0.2, 0.25) is 0 Å². The van der Waals surface area contributed by atoms with E-state index in [1.807, 2.05) is 0 Å². The van der Waals surface area contributed by atoms with Crippen LogP contribution in [-0.4, -0.2) is 45.1 Å². The van der Waals surface area contributed by atoms with Crippen LogP contribution < -0.4 is 4.90 Å². The Bertz CT molecular complexity index is 513. The lowest BCUT2D eigenvalue weighted by Crippen LogP contribution is -2.35. The number of aryl methyl sites for hydroxylation is 1. The fourth-order valence-electron chi connectivity index (χ4n) is 1.94. The maximum Gasteiger partial charge on any atom is 0.433 e. The molecule has 9 heteroatoms. The number of nitrogens with zero attached hydrogens (tertiary/aromatic N) is 4. The van der Waals surface area contributed by atoms with Crippen molar-refractivity contribution >= 4 is 11.8 Å². The number of carbonyl (C=O) groups excluding carboxylic acids is 1. The van der Waals surface area contributed by atoms with Crippen molar-refractivity contribution in [3.05, 3.63) is 11.8 Å². The summed E-state index contributed by atoms with van der Waals surface area (Å²) in [6.45, 7) is 1.59. The van der Waals surface area contributed by atoms with E-state index < -0.39 is 30.2 Å². The van der Waals surface area contributed by atoms with Gasteiger partial charge in [0, 0.05) is 20.2 Å². The number of amides is 2. The number of halogens is 3. The molecule has 0 saturated carbocycles. The minimum absolute atomic E-state index is 0.219. The van der Waals surface area contributed by atoms with Crippen LogP contribution >= 0.6 is 0 Å². The van der Waals surface area contributed by atoms with Crippen molar-refractivity contribution in [2.45, 2.75) is 25.4 Å². The lowest BCUT2D eigenvalue weighted by atomic mass is 10.3. The third-order valence-electron chi connectivity index (χ3n) is 3.22. The minimum atomic E-state index is -4.56. The van der Waals surface area contributed by atoms with Crippen molar-refractivity contribution in [2.75, 3.05) is 11.9 Å². The van der Waals surface area contributed by atoms with E-state index in [0.717, 1.165) is 18.0 Å². The van der Waals surface area contributed by atoms with Crippen molar-refractivity contribution < 1.29 is 23.1 Å². The van der Waals surface area contributed by atoms with Gasteiger partial charge in [-0.05, 0) is 6.92 Å². The summed E-state index contributed by atoms with van der Waals surface area (Å²) in [6.07, 6.45) is -5.79. The Morgan fingerprint density at radius 2 is 1.95 bits per heavy atom. The molecule has 0 spiro atoms. The number of hydrogen-bond acceptors (Lipinski definition) is 3. The Balaban J connectivity index is 2.41. The SMILES string of the molecule is C[C@H]1C(O)N(c2cc(C(F)(F)F)n(C)n2)C(=O)N1C. The van der Waals surface area contributed by atoms with E-state index in [-0.39, 0.29) is 5.82 Å². The van der Waals surface area contributed by atoms with Gasteiger partial charge >= 0.3 is 12.2 Å². The van der Waals surface area contributed by atoms with E-state index in [0.29, 0.717) is 4.68 Å². The van der Waals surface area contributed by atoms with Crippen molar-refractivity contribution in [1.82, 2.24) is 14.7 Å². The van der Waals surface area contributed by atoms with E-state index in [1.165, 1.54) is 11.9 Å². The molecule has 0 aromatic carbocycles. The molecule has 0 aliphatic carbocycles. The Labute approximate surface area is 107 Å². The van der Waals surface area contributed by atoms with Crippen LogP contribution in [0.4, 0.5) is 23.8 Å². The predicted octanol–water partition coefficient (Wildman–Crippen LogP) is 1.02. The van der Waals surface area contributed by atoms with E-state index in [1.54, 1.807) is 6.92 Å². The lowest BCUT2D eigenvalue weighted by molar-refractivity contribution is -0.143. The van der Waals surface area contributed by atoms with E-state index in [9.17, 15) is 23.1 Å². The van der Waals surface area contributed by atoms with Crippen LogP contribution in [0.25, 0.3) is 0 Å². The first-order valence-electron chi connectivity index (χ1n) is 5.50. The molecule has 106 valence electrons. The van der Waals surface area contributed by atoms with E-state index >= 15 is 0 Å². The average Bonchev–Trinajstić information content (AvgIpc) is 2.75. The quantitative estimate of drug-likeness (QED) is 0.834. The number of urea groups is 1. The molecule has 0 radical (unpaired) electrons. The molecule has 2 rings (SSSR count). The lowest BCUT2D eigenvalue weighted by Gasteiger charge is -2.16. The highest BCUT2D eigenvalue weighted by atomic mass is 19.4. The third-order valence-corrected chi connectivity index (χ3v) is 3.22. The molecule has 6 nitrogen and oxygen atoms in total. The molecule has 1 N–H and O–H groups in total. The highest BCUT2D eigenvalue weighted by Gasteiger charge is 2.44. The summed E-state index contributed by atoms with van der Waals surface area (Å²) in [5.41, 5.74) is -0.982. The van der Waals surface area contributed by atoms with Gasteiger partial charge in [0.15, 0.2) is 12.0 Å². The monoisotopic (exact) mass is 278 g/mol. The summed E-state index contributed by atoms with van der Waals surface area (Å²) >= 11 is 0. The fraction of sp³-hybridized carbons (Fsp3) is 0.600. The zero-order valence-corrected chi connectivity index (χ0v) is 10.5. The first kappa shape index (κ1) is 13.7. The second-order valence-corrected chi connectivity index (χ2v) is 4.43. The molecule has 1 saturated heterocycles. The van der Waals surface area contributed by atoms with Gasteiger partial charge in [-0.2, -0.15) is 18.3 Å². The van der Waals surface area contributed by atoms with Crippen molar-refractivity contribution in [1.29, 1.82) is 0 Å². The first-order valence-corrected chi connectivity index (χ1v) is 5.50. The zero-order chi connectivity index (χ0) is 14.5. The molecule has 2 heterocycles. The first-order chi connectivity index (χ1) is 8.64. The van der Waals surface area contributed by atoms with Gasteiger partial charge in [-0.25, -0.2) is 9.69 Å². The van der Waals surface area contributed by atoms with Crippen LogP contribution in [0.1, 0.15) is 12.6 Å². The number of rotatable bonds is 1. The second-order valence-electron chi connectivity index (χ2n) is 4.43. The Kier molecular flexibility index (Phi) is 2.96. The van der Waals surface area contributed by atoms with E-state index in [4.69, 9.17) is 0 Å². The standard InChI is InChI=1S/C10H13F3N4O2/c1-5-8(18)17(9(19)15(5)2)7-4-6(10(11,12)13)16(3)14-7/h4-5,8,18H,1-3H3/t5-,8?/m0/s1. The molecule has 0 bridgehead atoms. The molecule has 1 aliphatic heterocycles. The van der Waals surface area contributed by atoms with Crippen molar-refractivity contribution in [3.63, 3.8) is 0 Å². The normalized spacial score (nSPS) is 24.5. The van der Waals surface area contributed by atoms with Gasteiger partial charge < -0.3 is 10.0 Å². The second kappa shape index (κ2) is 4.12. The number of aliphatic hydroxyl groups is 1. The molecule has 1 fully saturated rings. The summed E-state index contributed by atoms with van der Waals surface area (Å²) in [4.78, 5) is 13.9. The Morgan fingerprint density at radius 3 is 2.32 bits per heavy atom. The smallest absolute Gasteiger partial charge is 0.371 e. The number of likely N-dealkylation sites (N-methyl/N-ethyl adjacent to an activating group) is 1. The summed E-state index contributed by atoms with van der Waals surface area (Å²) in [6, 6.07) is -0.372. The summed E-state index contributed by atoms with van der Waals surface area (Å²) < 4.78 is 38.6. The maximum atomic E-state index is 12.7. The van der Waals surface area contributed by atoms with Gasteiger partial charge in [0.05, 0.1) is 6.04 Å². The van der Waals surface area contributed by atoms with Crippen LogP contribution in [0.5, 0.6) is 0 Å². The molecule has 1 aliphatic rings. The number of hydrogen-bond donors (Lipinski definition) is 1. The molecule has 1 unspecified atom stereocenters. The number of anilines is 1. The summed E-state index contributed by atoms with van der Waals surface area (Å²) in [5.74, 6) is -0.219. The number of aliphatic hydroxyl groups excluding tert-OH is 1. The fourth-order valence-corrected chi connectivity index (χ4v) is 1.94. The molecule has 19 heavy (non-hydrogen) atoms. The van der Waals surface area contributed by atoms with Gasteiger partial charge in [-0.15, -0.1) is 0 Å². The van der Waals surface area contributed by atoms with Gasteiger partial charge in [0.25, 0.3) is 0 Å². The van der Waals surface area contributed by atoms with Crippen LogP contribution in [0.3, 0.4) is 0 Å².